The number of hydrogen-bond acceptors (Lipinski definition) is 3. The van der Waals surface area contributed by atoms with Crippen molar-refractivity contribution in [2.75, 3.05) is 13.6 Å². The summed E-state index contributed by atoms with van der Waals surface area (Å²) in [5.41, 5.74) is 6.33. The Balaban J connectivity index is 1.72. The lowest BCUT2D eigenvalue weighted by atomic mass is 9.96. The van der Waals surface area contributed by atoms with Gasteiger partial charge in [0.15, 0.2) is 5.84 Å². The minimum absolute atomic E-state index is 0.862. The monoisotopic (exact) mass is 263 g/mol. The van der Waals surface area contributed by atoms with Gasteiger partial charge in [-0.05, 0) is 36.7 Å². The Bertz CT molecular complexity index is 692. The predicted octanol–water partition coefficient (Wildman–Crippen LogP) is 2.83. The summed E-state index contributed by atoms with van der Waals surface area (Å²) in [6.45, 7) is 2.19. The molecule has 1 aromatic rings. The van der Waals surface area contributed by atoms with Gasteiger partial charge in [-0.3, -0.25) is 0 Å². The van der Waals surface area contributed by atoms with Gasteiger partial charge in [0.2, 0.25) is 0 Å². The summed E-state index contributed by atoms with van der Waals surface area (Å²) in [5.74, 6) is 0.862. The van der Waals surface area contributed by atoms with Crippen molar-refractivity contribution in [2.24, 2.45) is 9.98 Å². The summed E-state index contributed by atoms with van der Waals surface area (Å²) in [5, 5.41) is 0. The van der Waals surface area contributed by atoms with Crippen molar-refractivity contribution < 1.29 is 0 Å². The summed E-state index contributed by atoms with van der Waals surface area (Å²) >= 11 is 0. The van der Waals surface area contributed by atoms with E-state index in [1.807, 2.05) is 6.21 Å². The van der Waals surface area contributed by atoms with Crippen LogP contribution in [0.15, 0.2) is 45.9 Å². The van der Waals surface area contributed by atoms with Gasteiger partial charge >= 0.3 is 0 Å². The van der Waals surface area contributed by atoms with Gasteiger partial charge in [0.1, 0.15) is 0 Å². The van der Waals surface area contributed by atoms with Crippen LogP contribution in [0, 0.1) is 0 Å². The number of hydrogen-bond donors (Lipinski definition) is 0. The molecule has 0 saturated heterocycles. The van der Waals surface area contributed by atoms with E-state index >= 15 is 0 Å². The molecule has 4 rings (SSSR count). The smallest absolute Gasteiger partial charge is 0.159 e. The third kappa shape index (κ3) is 1.95. The van der Waals surface area contributed by atoms with Gasteiger partial charge in [-0.2, -0.15) is 0 Å². The van der Waals surface area contributed by atoms with E-state index in [1.54, 1.807) is 0 Å². The van der Waals surface area contributed by atoms with Gasteiger partial charge in [0.25, 0.3) is 0 Å². The first-order chi connectivity index (χ1) is 9.79. The molecule has 0 aliphatic carbocycles. The van der Waals surface area contributed by atoms with Crippen LogP contribution in [-0.2, 0) is 13.0 Å². The molecule has 0 N–H and O–H groups in total. The van der Waals surface area contributed by atoms with Crippen LogP contribution in [-0.4, -0.2) is 30.5 Å². The molecule has 3 aliphatic rings. The molecule has 20 heavy (non-hydrogen) atoms. The quantitative estimate of drug-likeness (QED) is 0.765. The number of benzene rings is 1. The average molecular weight is 263 g/mol. The first-order valence-corrected chi connectivity index (χ1v) is 7.14. The van der Waals surface area contributed by atoms with E-state index in [-0.39, 0.29) is 0 Å². The molecule has 0 unspecified atom stereocenters. The summed E-state index contributed by atoms with van der Waals surface area (Å²) in [6, 6.07) is 6.75. The predicted molar refractivity (Wildman–Crippen MR) is 83.1 cm³/mol. The molecule has 0 amide bonds. The molecule has 0 aromatic heterocycles. The molecule has 0 saturated carbocycles. The van der Waals surface area contributed by atoms with E-state index in [4.69, 9.17) is 0 Å². The summed E-state index contributed by atoms with van der Waals surface area (Å²) in [7, 11) is 2.18. The Hall–Kier alpha value is -2.00. The molecule has 0 fully saturated rings. The average Bonchev–Trinajstić information content (AvgIpc) is 2.90. The Morgan fingerprint density at radius 3 is 3.05 bits per heavy atom. The molecule has 3 aliphatic heterocycles. The maximum Gasteiger partial charge on any atom is 0.159 e. The molecular formula is C17H17N3. The van der Waals surface area contributed by atoms with Gasteiger partial charge in [0, 0.05) is 36.9 Å². The topological polar surface area (TPSA) is 28.0 Å². The standard InChI is InChI=1S/C17H17N3/c1-20-8-6-12-4-5-13(9-15(12)11-20)16-10-14-3-2-7-18-17(14)19-16/h3-5,7,9-10H,2,6,8,11H2,1H3. The molecule has 3 nitrogen and oxygen atoms in total. The van der Waals surface area contributed by atoms with Crippen LogP contribution in [0.25, 0.3) is 5.70 Å². The van der Waals surface area contributed by atoms with Crippen LogP contribution in [0.3, 0.4) is 0 Å². The highest BCUT2D eigenvalue weighted by Crippen LogP contribution is 2.29. The number of fused-ring (bicyclic) bond motifs is 2. The van der Waals surface area contributed by atoms with Crippen LogP contribution in [0.5, 0.6) is 0 Å². The number of likely N-dealkylation sites (N-methyl/N-ethyl adjacent to an activating group) is 1. The van der Waals surface area contributed by atoms with E-state index in [1.165, 1.54) is 16.7 Å². The molecule has 0 spiro atoms. The third-order valence-electron chi connectivity index (χ3n) is 4.14. The van der Waals surface area contributed by atoms with E-state index in [0.717, 1.165) is 43.0 Å². The van der Waals surface area contributed by atoms with E-state index in [2.05, 4.69) is 52.3 Å². The van der Waals surface area contributed by atoms with Crippen LogP contribution in [0.1, 0.15) is 23.1 Å². The van der Waals surface area contributed by atoms with E-state index in [9.17, 15) is 0 Å². The van der Waals surface area contributed by atoms with Crippen molar-refractivity contribution in [2.45, 2.75) is 19.4 Å². The molecule has 0 bridgehead atoms. The number of dihydropyridines is 1. The number of allylic oxidation sites excluding steroid dienone is 1. The van der Waals surface area contributed by atoms with Crippen molar-refractivity contribution in [1.82, 2.24) is 4.90 Å². The number of aliphatic imine (C=N–C) groups is 2. The lowest BCUT2D eigenvalue weighted by molar-refractivity contribution is 0.313. The maximum atomic E-state index is 4.65. The fraction of sp³-hybridized carbons (Fsp3) is 0.294. The van der Waals surface area contributed by atoms with Gasteiger partial charge in [-0.25, -0.2) is 9.98 Å². The minimum atomic E-state index is 0.862. The fourth-order valence-corrected chi connectivity index (χ4v) is 3.00. The van der Waals surface area contributed by atoms with Crippen molar-refractivity contribution in [3.05, 3.63) is 52.6 Å². The van der Waals surface area contributed by atoms with E-state index < -0.39 is 0 Å². The second-order valence-electron chi connectivity index (χ2n) is 5.64. The summed E-state index contributed by atoms with van der Waals surface area (Å²) in [6.07, 6.45) is 8.31. The largest absolute Gasteiger partial charge is 0.302 e. The summed E-state index contributed by atoms with van der Waals surface area (Å²) < 4.78 is 0. The summed E-state index contributed by atoms with van der Waals surface area (Å²) in [4.78, 5) is 11.4. The van der Waals surface area contributed by atoms with Gasteiger partial charge in [-0.1, -0.05) is 18.2 Å². The molecule has 3 heterocycles. The lowest BCUT2D eigenvalue weighted by Gasteiger charge is -2.25. The molecular weight excluding hydrogens is 246 g/mol. The number of amidine groups is 1. The normalized spacial score (nSPS) is 20.9. The third-order valence-corrected chi connectivity index (χ3v) is 4.14. The zero-order chi connectivity index (χ0) is 13.5. The van der Waals surface area contributed by atoms with Crippen molar-refractivity contribution >= 4 is 17.7 Å². The molecule has 0 atom stereocenters. The van der Waals surface area contributed by atoms with Crippen LogP contribution in [0.4, 0.5) is 0 Å². The van der Waals surface area contributed by atoms with Crippen molar-refractivity contribution in [1.29, 1.82) is 0 Å². The van der Waals surface area contributed by atoms with Gasteiger partial charge < -0.3 is 4.90 Å². The molecule has 3 heteroatoms. The van der Waals surface area contributed by atoms with Gasteiger partial charge in [-0.15, -0.1) is 0 Å². The molecule has 0 radical (unpaired) electrons. The zero-order valence-electron chi connectivity index (χ0n) is 11.6. The Kier molecular flexibility index (Phi) is 2.67. The van der Waals surface area contributed by atoms with Crippen molar-refractivity contribution in [3.8, 4) is 0 Å². The Labute approximate surface area is 119 Å². The zero-order valence-corrected chi connectivity index (χ0v) is 11.6. The molecule has 1 aromatic carbocycles. The molecule has 100 valence electrons. The highest BCUT2D eigenvalue weighted by atomic mass is 15.1. The van der Waals surface area contributed by atoms with Crippen LogP contribution >= 0.6 is 0 Å². The van der Waals surface area contributed by atoms with Crippen LogP contribution < -0.4 is 0 Å². The fourth-order valence-electron chi connectivity index (χ4n) is 3.00. The van der Waals surface area contributed by atoms with E-state index in [0.29, 0.717) is 0 Å². The Morgan fingerprint density at radius 1 is 1.20 bits per heavy atom. The lowest BCUT2D eigenvalue weighted by Crippen LogP contribution is -2.26. The maximum absolute atomic E-state index is 4.65. The number of rotatable bonds is 1. The van der Waals surface area contributed by atoms with Crippen LogP contribution in [0.2, 0.25) is 0 Å². The second kappa shape index (κ2) is 4.53. The first-order valence-electron chi connectivity index (χ1n) is 7.14. The minimum Gasteiger partial charge on any atom is -0.302 e. The highest BCUT2D eigenvalue weighted by molar-refractivity contribution is 6.13. The SMILES string of the molecule is CN1CCc2ccc(C3=CC4=CCC=NC4=N3)cc2C1. The first kappa shape index (κ1) is 11.8. The van der Waals surface area contributed by atoms with Gasteiger partial charge in [0.05, 0.1) is 5.70 Å². The highest BCUT2D eigenvalue weighted by Gasteiger charge is 2.18. The second-order valence-corrected chi connectivity index (χ2v) is 5.64. The Morgan fingerprint density at radius 2 is 2.15 bits per heavy atom. The van der Waals surface area contributed by atoms with Crippen molar-refractivity contribution in [3.63, 3.8) is 0 Å². The number of nitrogens with zero attached hydrogens (tertiary/aromatic N) is 3.